The van der Waals surface area contributed by atoms with Gasteiger partial charge in [-0.25, -0.2) is 4.98 Å². The first-order chi connectivity index (χ1) is 11.3. The van der Waals surface area contributed by atoms with E-state index in [0.717, 1.165) is 41.5 Å². The molecule has 1 aromatic heterocycles. The summed E-state index contributed by atoms with van der Waals surface area (Å²) >= 11 is 1.83. The normalized spacial score (nSPS) is 19.0. The van der Waals surface area contributed by atoms with Gasteiger partial charge >= 0.3 is 0 Å². The maximum Gasteiger partial charge on any atom is 0.255 e. The summed E-state index contributed by atoms with van der Waals surface area (Å²) in [5, 5.41) is 1.07. The summed E-state index contributed by atoms with van der Waals surface area (Å²) in [7, 11) is 0. The molecule has 0 radical (unpaired) electrons. The molecule has 1 aromatic rings. The molecule has 5 heteroatoms. The molecule has 1 saturated heterocycles. The summed E-state index contributed by atoms with van der Waals surface area (Å²) in [5.74, 6) is 1.25. The van der Waals surface area contributed by atoms with Gasteiger partial charge in [-0.15, -0.1) is 11.8 Å². The number of nitrogens with zero attached hydrogens (tertiary/aromatic N) is 3. The number of fused-ring (bicyclic) bond motifs is 1. The first kappa shape index (κ1) is 16.8. The summed E-state index contributed by atoms with van der Waals surface area (Å²) < 4.78 is 0. The van der Waals surface area contributed by atoms with Gasteiger partial charge in [-0.05, 0) is 58.0 Å². The van der Waals surface area contributed by atoms with Crippen molar-refractivity contribution in [1.82, 2.24) is 14.8 Å². The number of carbonyl (C=O) groups excluding carboxylic acids is 1. The highest BCUT2D eigenvalue weighted by atomic mass is 32.2. The number of aromatic nitrogens is 1. The lowest BCUT2D eigenvalue weighted by atomic mass is 10.1. The average Bonchev–Trinajstić information content (AvgIpc) is 2.60. The second-order valence-corrected chi connectivity index (χ2v) is 7.50. The van der Waals surface area contributed by atoms with Crippen molar-refractivity contribution < 1.29 is 4.79 Å². The predicted octanol–water partition coefficient (Wildman–Crippen LogP) is 3.07. The van der Waals surface area contributed by atoms with E-state index in [1.165, 1.54) is 45.3 Å². The van der Waals surface area contributed by atoms with Crippen molar-refractivity contribution in [3.63, 3.8) is 0 Å². The van der Waals surface area contributed by atoms with Crippen molar-refractivity contribution in [2.45, 2.75) is 44.1 Å². The molecule has 1 fully saturated rings. The molecular formula is C18H27N3OS. The van der Waals surface area contributed by atoms with Gasteiger partial charge in [-0.1, -0.05) is 6.42 Å². The molecular weight excluding hydrogens is 306 g/mol. The Morgan fingerprint density at radius 2 is 2.00 bits per heavy atom. The van der Waals surface area contributed by atoms with Gasteiger partial charge in [-0.3, -0.25) is 4.79 Å². The van der Waals surface area contributed by atoms with E-state index in [1.807, 2.05) is 35.7 Å². The smallest absolute Gasteiger partial charge is 0.255 e. The van der Waals surface area contributed by atoms with Crippen LogP contribution < -0.4 is 0 Å². The van der Waals surface area contributed by atoms with Crippen LogP contribution in [0.25, 0.3) is 0 Å². The zero-order valence-corrected chi connectivity index (χ0v) is 14.9. The van der Waals surface area contributed by atoms with Crippen molar-refractivity contribution in [1.29, 1.82) is 0 Å². The molecule has 2 aliphatic heterocycles. The van der Waals surface area contributed by atoms with E-state index < -0.39 is 0 Å². The highest BCUT2D eigenvalue weighted by Crippen LogP contribution is 2.23. The lowest BCUT2D eigenvalue weighted by molar-refractivity contribution is 0.0747. The van der Waals surface area contributed by atoms with Crippen LogP contribution in [0.5, 0.6) is 0 Å². The van der Waals surface area contributed by atoms with E-state index in [2.05, 4.69) is 4.90 Å². The lowest BCUT2D eigenvalue weighted by Crippen LogP contribution is -2.37. The number of thioether (sulfide) groups is 1. The molecule has 2 aliphatic rings. The third kappa shape index (κ3) is 4.27. The van der Waals surface area contributed by atoms with E-state index in [1.54, 1.807) is 0 Å². The van der Waals surface area contributed by atoms with Gasteiger partial charge in [0.25, 0.3) is 5.91 Å². The number of hydrogen-bond acceptors (Lipinski definition) is 4. The Hall–Kier alpha value is -1.07. The minimum absolute atomic E-state index is 0.142. The van der Waals surface area contributed by atoms with Crippen molar-refractivity contribution >= 4 is 17.7 Å². The number of piperidine rings is 1. The van der Waals surface area contributed by atoms with Crippen LogP contribution in [0.1, 0.15) is 48.7 Å². The number of likely N-dealkylation sites (N-methyl/N-ethyl adjacent to an activating group) is 1. The van der Waals surface area contributed by atoms with Crippen LogP contribution in [-0.4, -0.2) is 59.2 Å². The molecule has 0 aliphatic carbocycles. The van der Waals surface area contributed by atoms with Gasteiger partial charge in [0.1, 0.15) is 0 Å². The monoisotopic (exact) mass is 333 g/mol. The Morgan fingerprint density at radius 1 is 1.17 bits per heavy atom. The molecule has 0 bridgehead atoms. The van der Waals surface area contributed by atoms with Gasteiger partial charge in [0.05, 0.1) is 16.3 Å². The summed E-state index contributed by atoms with van der Waals surface area (Å²) in [5.41, 5.74) is 1.79. The van der Waals surface area contributed by atoms with Crippen molar-refractivity contribution in [3.8, 4) is 0 Å². The van der Waals surface area contributed by atoms with Gasteiger partial charge in [0, 0.05) is 25.3 Å². The molecule has 0 N–H and O–H groups in total. The maximum atomic E-state index is 12.3. The molecule has 0 aromatic carbocycles. The molecule has 0 spiro atoms. The molecule has 3 rings (SSSR count). The number of carbonyl (C=O) groups is 1. The molecule has 3 heterocycles. The van der Waals surface area contributed by atoms with Crippen molar-refractivity contribution in [2.24, 2.45) is 0 Å². The fourth-order valence-corrected chi connectivity index (χ4v) is 4.23. The van der Waals surface area contributed by atoms with Crippen LogP contribution in [0.4, 0.5) is 0 Å². The molecule has 0 saturated carbocycles. The Balaban J connectivity index is 1.49. The van der Waals surface area contributed by atoms with Gasteiger partial charge in [0.2, 0.25) is 0 Å². The summed E-state index contributed by atoms with van der Waals surface area (Å²) in [4.78, 5) is 21.5. The zero-order chi connectivity index (χ0) is 16.1. The zero-order valence-electron chi connectivity index (χ0n) is 14.1. The van der Waals surface area contributed by atoms with E-state index in [0.29, 0.717) is 0 Å². The van der Waals surface area contributed by atoms with E-state index in [9.17, 15) is 4.79 Å². The summed E-state index contributed by atoms with van der Waals surface area (Å²) in [6.07, 6.45) is 6.23. The fraction of sp³-hybridized carbons (Fsp3) is 0.667. The van der Waals surface area contributed by atoms with Gasteiger partial charge < -0.3 is 9.80 Å². The van der Waals surface area contributed by atoms with Crippen LogP contribution in [-0.2, 0) is 6.42 Å². The molecule has 4 nitrogen and oxygen atoms in total. The highest BCUT2D eigenvalue weighted by Gasteiger charge is 2.24. The average molecular weight is 334 g/mol. The number of hydrogen-bond donors (Lipinski definition) is 0. The Bertz CT molecular complexity index is 543. The molecule has 23 heavy (non-hydrogen) atoms. The highest BCUT2D eigenvalue weighted by molar-refractivity contribution is 7.99. The Labute approximate surface area is 143 Å². The van der Waals surface area contributed by atoms with Crippen LogP contribution >= 0.6 is 11.8 Å². The molecule has 126 valence electrons. The SMILES string of the molecule is CCN1CCc2nc(SCCCN3CCCCC3)ccc2C1=O. The van der Waals surface area contributed by atoms with E-state index in [4.69, 9.17) is 4.98 Å². The summed E-state index contributed by atoms with van der Waals surface area (Å²) in [6, 6.07) is 3.99. The van der Waals surface area contributed by atoms with Crippen LogP contribution in [0.15, 0.2) is 17.2 Å². The topological polar surface area (TPSA) is 36.4 Å². The van der Waals surface area contributed by atoms with Crippen molar-refractivity contribution in [2.75, 3.05) is 38.5 Å². The largest absolute Gasteiger partial charge is 0.338 e. The number of amides is 1. The fourth-order valence-electron chi connectivity index (χ4n) is 3.41. The van der Waals surface area contributed by atoms with Gasteiger partial charge in [0.15, 0.2) is 0 Å². The van der Waals surface area contributed by atoms with Crippen LogP contribution in [0, 0.1) is 0 Å². The predicted molar refractivity (Wildman–Crippen MR) is 95.2 cm³/mol. The number of pyridine rings is 1. The van der Waals surface area contributed by atoms with Crippen LogP contribution in [0.2, 0.25) is 0 Å². The standard InChI is InChI=1S/C18H27N3OS/c1-2-21-13-9-16-15(18(21)22)7-8-17(19-16)23-14-6-12-20-10-4-3-5-11-20/h7-8H,2-6,9-14H2,1H3. The van der Waals surface area contributed by atoms with Gasteiger partial charge in [-0.2, -0.15) is 0 Å². The third-order valence-corrected chi connectivity index (χ3v) is 5.80. The molecule has 1 amide bonds. The van der Waals surface area contributed by atoms with Crippen LogP contribution in [0.3, 0.4) is 0 Å². The first-order valence-electron chi connectivity index (χ1n) is 8.92. The maximum absolute atomic E-state index is 12.3. The van der Waals surface area contributed by atoms with E-state index >= 15 is 0 Å². The lowest BCUT2D eigenvalue weighted by Gasteiger charge is -2.27. The second kappa shape index (κ2) is 8.15. The third-order valence-electron chi connectivity index (χ3n) is 4.78. The minimum atomic E-state index is 0.142. The second-order valence-electron chi connectivity index (χ2n) is 6.38. The summed E-state index contributed by atoms with van der Waals surface area (Å²) in [6.45, 7) is 7.38. The molecule has 0 atom stereocenters. The minimum Gasteiger partial charge on any atom is -0.338 e. The van der Waals surface area contributed by atoms with Crippen molar-refractivity contribution in [3.05, 3.63) is 23.4 Å². The molecule has 0 unspecified atom stereocenters. The van der Waals surface area contributed by atoms with E-state index in [-0.39, 0.29) is 5.91 Å². The Morgan fingerprint density at radius 3 is 2.78 bits per heavy atom. The number of rotatable bonds is 6. The Kier molecular flexibility index (Phi) is 5.95. The quantitative estimate of drug-likeness (QED) is 0.592. The first-order valence-corrected chi connectivity index (χ1v) is 9.91. The number of likely N-dealkylation sites (tertiary alicyclic amines) is 1.